The van der Waals surface area contributed by atoms with Gasteiger partial charge in [0.25, 0.3) is 5.91 Å². The van der Waals surface area contributed by atoms with Gasteiger partial charge in [0.15, 0.2) is 0 Å². The van der Waals surface area contributed by atoms with Gasteiger partial charge in [0.05, 0.1) is 0 Å². The van der Waals surface area contributed by atoms with E-state index in [-0.39, 0.29) is 5.91 Å². The second-order valence-corrected chi connectivity index (χ2v) is 10.3. The highest BCUT2D eigenvalue weighted by Crippen LogP contribution is 2.37. The Morgan fingerprint density at radius 2 is 1.79 bits per heavy atom. The van der Waals surface area contributed by atoms with Crippen LogP contribution in [0.25, 0.3) is 5.57 Å². The van der Waals surface area contributed by atoms with Crippen molar-refractivity contribution in [1.82, 2.24) is 10.2 Å². The van der Waals surface area contributed by atoms with Gasteiger partial charge >= 0.3 is 0 Å². The number of nitrogens with zero attached hydrogens (tertiary/aromatic N) is 1. The van der Waals surface area contributed by atoms with E-state index >= 15 is 0 Å². The van der Waals surface area contributed by atoms with Crippen molar-refractivity contribution >= 4 is 23.2 Å². The van der Waals surface area contributed by atoms with Crippen LogP contribution in [0, 0.1) is 5.92 Å². The van der Waals surface area contributed by atoms with Crippen LogP contribution in [0.3, 0.4) is 0 Å². The second-order valence-electron chi connectivity index (χ2n) is 9.06. The zero-order valence-corrected chi connectivity index (χ0v) is 20.7. The van der Waals surface area contributed by atoms with E-state index in [1.807, 2.05) is 43.0 Å². The number of benzene rings is 2. The number of phenolic OH excluding ortho intramolecular Hbond substituents is 1. The highest BCUT2D eigenvalue weighted by Gasteiger charge is 2.22. The van der Waals surface area contributed by atoms with E-state index in [1.54, 1.807) is 6.07 Å². The molecule has 1 heterocycles. The molecule has 1 aliphatic heterocycles. The molecular weight excluding hydrogens is 428 g/mol. The maximum atomic E-state index is 12.8. The van der Waals surface area contributed by atoms with Gasteiger partial charge in [-0.25, -0.2) is 0 Å². The summed E-state index contributed by atoms with van der Waals surface area (Å²) in [5.41, 5.74) is 6.84. The lowest BCUT2D eigenvalue weighted by Gasteiger charge is -2.26. The van der Waals surface area contributed by atoms with E-state index in [9.17, 15) is 9.90 Å². The van der Waals surface area contributed by atoms with Gasteiger partial charge in [-0.15, -0.1) is 0 Å². The van der Waals surface area contributed by atoms with E-state index < -0.39 is 0 Å². The van der Waals surface area contributed by atoms with Gasteiger partial charge in [-0.1, -0.05) is 18.2 Å². The van der Waals surface area contributed by atoms with Crippen molar-refractivity contribution < 1.29 is 9.90 Å². The molecule has 0 saturated carbocycles. The first-order valence-electron chi connectivity index (χ1n) is 12.3. The van der Waals surface area contributed by atoms with Crippen molar-refractivity contribution in [3.05, 3.63) is 70.3 Å². The summed E-state index contributed by atoms with van der Waals surface area (Å²) in [7, 11) is 0. The Kier molecular flexibility index (Phi) is 8.15. The Morgan fingerprint density at radius 1 is 1.06 bits per heavy atom. The Bertz CT molecular complexity index is 989. The minimum atomic E-state index is 0.0785. The fraction of sp³-hybridized carbons (Fsp3) is 0.464. The maximum Gasteiger partial charge on any atom is 0.253 e. The van der Waals surface area contributed by atoms with E-state index in [2.05, 4.69) is 29.2 Å². The van der Waals surface area contributed by atoms with Crippen LogP contribution < -0.4 is 5.32 Å². The Labute approximate surface area is 202 Å². The first-order chi connectivity index (χ1) is 16.1. The van der Waals surface area contributed by atoms with Crippen LogP contribution in [0.1, 0.15) is 60.2 Å². The van der Waals surface area contributed by atoms with E-state index in [0.717, 1.165) is 48.5 Å². The average molecular weight is 465 g/mol. The smallest absolute Gasteiger partial charge is 0.253 e. The second kappa shape index (κ2) is 11.3. The Hall–Kier alpha value is -2.24. The lowest BCUT2D eigenvalue weighted by molar-refractivity contribution is 0.0773. The number of hydrogen-bond donors (Lipinski definition) is 2. The van der Waals surface area contributed by atoms with Gasteiger partial charge in [-0.05, 0) is 116 Å². The van der Waals surface area contributed by atoms with Gasteiger partial charge < -0.3 is 15.3 Å². The van der Waals surface area contributed by atoms with Crippen molar-refractivity contribution in [2.24, 2.45) is 5.92 Å². The first-order valence-corrected chi connectivity index (χ1v) is 13.5. The third-order valence-electron chi connectivity index (χ3n) is 7.00. The molecule has 0 aromatic heterocycles. The molecule has 2 aliphatic rings. The minimum absolute atomic E-state index is 0.0785. The minimum Gasteiger partial charge on any atom is -0.508 e. The molecule has 1 aliphatic carbocycles. The molecular formula is C28H36N2O2S. The molecule has 1 fully saturated rings. The topological polar surface area (TPSA) is 52.6 Å². The lowest BCUT2D eigenvalue weighted by Crippen LogP contribution is -2.30. The van der Waals surface area contributed by atoms with Crippen LogP contribution in [0.4, 0.5) is 0 Å². The third kappa shape index (κ3) is 5.64. The molecule has 33 heavy (non-hydrogen) atoms. The first kappa shape index (κ1) is 23.9. The van der Waals surface area contributed by atoms with Crippen LogP contribution in [0.15, 0.2) is 48.0 Å². The molecule has 0 spiro atoms. The predicted molar refractivity (Wildman–Crippen MR) is 139 cm³/mol. The van der Waals surface area contributed by atoms with Crippen molar-refractivity contribution in [2.75, 3.05) is 37.7 Å². The zero-order valence-electron chi connectivity index (χ0n) is 19.9. The fourth-order valence-corrected chi connectivity index (χ4v) is 6.21. The van der Waals surface area contributed by atoms with E-state index in [4.69, 9.17) is 0 Å². The molecule has 1 amide bonds. The molecule has 0 radical (unpaired) electrons. The summed E-state index contributed by atoms with van der Waals surface area (Å²) in [6, 6.07) is 13.8. The van der Waals surface area contributed by atoms with Gasteiger partial charge in [0, 0.05) is 25.2 Å². The monoisotopic (exact) mass is 464 g/mol. The maximum absolute atomic E-state index is 12.8. The van der Waals surface area contributed by atoms with Crippen LogP contribution in [0.5, 0.6) is 5.75 Å². The van der Waals surface area contributed by atoms with Crippen molar-refractivity contribution in [2.45, 2.75) is 39.5 Å². The summed E-state index contributed by atoms with van der Waals surface area (Å²) in [5.74, 6) is 3.72. The molecule has 0 unspecified atom stereocenters. The number of carbonyl (C=O) groups excluding carboxylic acids is 1. The number of hydrogen-bond acceptors (Lipinski definition) is 4. The van der Waals surface area contributed by atoms with Crippen LogP contribution in [-0.4, -0.2) is 53.6 Å². The number of nitrogens with one attached hydrogen (secondary N) is 1. The van der Waals surface area contributed by atoms with Gasteiger partial charge in [0.1, 0.15) is 5.75 Å². The molecule has 176 valence electrons. The molecule has 0 bridgehead atoms. The summed E-state index contributed by atoms with van der Waals surface area (Å²) in [6.45, 7) is 7.39. The van der Waals surface area contributed by atoms with Gasteiger partial charge in [0.2, 0.25) is 0 Å². The predicted octanol–water partition coefficient (Wildman–Crippen LogP) is 5.36. The van der Waals surface area contributed by atoms with Crippen molar-refractivity contribution in [1.29, 1.82) is 0 Å². The number of carbonyl (C=O) groups is 1. The molecule has 5 heteroatoms. The van der Waals surface area contributed by atoms with Crippen molar-refractivity contribution in [3.63, 3.8) is 0 Å². The quantitative estimate of drug-likeness (QED) is 0.553. The number of fused-ring (bicyclic) bond motifs is 1. The Morgan fingerprint density at radius 3 is 2.48 bits per heavy atom. The fourth-order valence-electron chi connectivity index (χ4n) is 5.00. The van der Waals surface area contributed by atoms with Gasteiger partial charge in [-0.3, -0.25) is 4.79 Å². The molecule has 4 nitrogen and oxygen atoms in total. The largest absolute Gasteiger partial charge is 0.508 e. The summed E-state index contributed by atoms with van der Waals surface area (Å²) in [5, 5.41) is 14.0. The number of phenols is 1. The highest BCUT2D eigenvalue weighted by atomic mass is 32.2. The highest BCUT2D eigenvalue weighted by molar-refractivity contribution is 7.99. The van der Waals surface area contributed by atoms with E-state index in [0.29, 0.717) is 18.8 Å². The number of aromatic hydroxyl groups is 1. The number of rotatable bonds is 8. The van der Waals surface area contributed by atoms with Gasteiger partial charge in [-0.2, -0.15) is 11.8 Å². The normalized spacial score (nSPS) is 16.5. The summed E-state index contributed by atoms with van der Waals surface area (Å²) < 4.78 is 0. The summed E-state index contributed by atoms with van der Waals surface area (Å²) in [4.78, 5) is 14.6. The molecule has 0 atom stereocenters. The van der Waals surface area contributed by atoms with Crippen LogP contribution >= 0.6 is 11.8 Å². The third-order valence-corrected chi connectivity index (χ3v) is 8.04. The standard InChI is InChI=1S/C28H36N2O2S/c1-3-30(4-2)28(32)23-8-6-22(7-9-23)27-24(19-29-18-20-13-15-33-16-14-20)10-5-21-11-12-25(31)17-26(21)27/h6-9,11-12,17,20,29,31H,3-5,10,13-16,18-19H2,1-2H3. The average Bonchev–Trinajstić information content (AvgIpc) is 2.85. The summed E-state index contributed by atoms with van der Waals surface area (Å²) in [6.07, 6.45) is 4.63. The molecule has 1 saturated heterocycles. The molecule has 4 rings (SSSR count). The van der Waals surface area contributed by atoms with Crippen LogP contribution in [0.2, 0.25) is 0 Å². The van der Waals surface area contributed by atoms with Crippen LogP contribution in [-0.2, 0) is 6.42 Å². The Balaban J connectivity index is 1.61. The molecule has 2 aromatic carbocycles. The number of amides is 1. The number of thioether (sulfide) groups is 1. The number of aryl methyl sites for hydroxylation is 1. The van der Waals surface area contributed by atoms with Crippen molar-refractivity contribution in [3.8, 4) is 5.75 Å². The molecule has 2 N–H and O–H groups in total. The van der Waals surface area contributed by atoms with E-state index in [1.165, 1.54) is 41.1 Å². The lowest BCUT2D eigenvalue weighted by atomic mass is 9.81. The zero-order chi connectivity index (χ0) is 23.2. The SMILES string of the molecule is CCN(CC)C(=O)c1ccc(C2=C(CNCC3CCSCC3)CCc3ccc(O)cc32)cc1. The molecule has 2 aromatic rings. The summed E-state index contributed by atoms with van der Waals surface area (Å²) >= 11 is 2.07.